The summed E-state index contributed by atoms with van der Waals surface area (Å²) in [5, 5.41) is 17.5. The van der Waals surface area contributed by atoms with Gasteiger partial charge >= 0.3 is 0 Å². The molecule has 2 atom stereocenters. The van der Waals surface area contributed by atoms with E-state index >= 15 is 0 Å². The van der Waals surface area contributed by atoms with Crippen LogP contribution in [0.3, 0.4) is 0 Å². The number of phenolic OH excluding ortho intramolecular Hbond substituents is 1. The number of para-hydroxylation sites is 1. The lowest BCUT2D eigenvalue weighted by Gasteiger charge is -2.15. The van der Waals surface area contributed by atoms with E-state index in [0.717, 1.165) is 24.2 Å². The largest absolute Gasteiger partial charge is 0.508 e. The summed E-state index contributed by atoms with van der Waals surface area (Å²) in [6.45, 7) is 11.8. The molecule has 1 aromatic carbocycles. The SMILES string of the molecule is C/C(=C\CO)CCC[C@H](C)CCC[C@H](C)CCCC(C)C.Oc1ccccc1. The Balaban J connectivity index is 0.000000861. The molecule has 162 valence electrons. The van der Waals surface area contributed by atoms with Gasteiger partial charge in [0.05, 0.1) is 6.61 Å². The zero-order valence-electron chi connectivity index (χ0n) is 19.2. The second kappa shape index (κ2) is 17.8. The monoisotopic (exact) mass is 390 g/mol. The molecule has 0 aliphatic heterocycles. The molecule has 1 aromatic rings. The Kier molecular flexibility index (Phi) is 17.0. The quantitative estimate of drug-likeness (QED) is 0.338. The van der Waals surface area contributed by atoms with Gasteiger partial charge in [0, 0.05) is 0 Å². The van der Waals surface area contributed by atoms with E-state index in [0.29, 0.717) is 5.75 Å². The molecule has 0 aliphatic rings. The normalized spacial score (nSPS) is 13.8. The lowest BCUT2D eigenvalue weighted by Crippen LogP contribution is -2.00. The molecule has 2 heteroatoms. The molecule has 0 amide bonds. The third-order valence-corrected chi connectivity index (χ3v) is 5.34. The average molecular weight is 391 g/mol. The number of aliphatic hydroxyl groups is 1. The van der Waals surface area contributed by atoms with Gasteiger partial charge in [0.25, 0.3) is 0 Å². The number of aromatic hydroxyl groups is 1. The van der Waals surface area contributed by atoms with Gasteiger partial charge in [0.1, 0.15) is 5.75 Å². The molecule has 0 radical (unpaired) electrons. The lowest BCUT2D eigenvalue weighted by atomic mass is 9.91. The number of rotatable bonds is 13. The number of aliphatic hydroxyl groups excluding tert-OH is 1. The standard InChI is InChI=1S/C20H40O.C6H6O/c1-17(2)9-6-10-18(3)11-7-12-19(4)13-8-14-20(5)15-16-21;7-6-4-2-1-3-5-6/h15,17-19,21H,6-14,16H2,1-5H3;1-5,7H/b20-15+;/t18-,19-;/m1./s1. The molecule has 0 heterocycles. The van der Waals surface area contributed by atoms with Crippen LogP contribution in [0, 0.1) is 17.8 Å². The Labute approximate surface area is 175 Å². The van der Waals surface area contributed by atoms with Crippen molar-refractivity contribution in [1.82, 2.24) is 0 Å². The summed E-state index contributed by atoms with van der Waals surface area (Å²) in [6, 6.07) is 8.71. The summed E-state index contributed by atoms with van der Waals surface area (Å²) in [5.74, 6) is 2.95. The molecule has 0 fully saturated rings. The van der Waals surface area contributed by atoms with E-state index in [2.05, 4.69) is 34.6 Å². The molecule has 0 saturated heterocycles. The molecule has 2 N–H and O–H groups in total. The zero-order chi connectivity index (χ0) is 21.2. The van der Waals surface area contributed by atoms with Crippen molar-refractivity contribution >= 4 is 0 Å². The molecule has 0 aliphatic carbocycles. The van der Waals surface area contributed by atoms with Crippen molar-refractivity contribution in [2.24, 2.45) is 17.8 Å². The third-order valence-electron chi connectivity index (χ3n) is 5.34. The first-order valence-corrected chi connectivity index (χ1v) is 11.4. The average Bonchev–Trinajstić information content (AvgIpc) is 2.63. The number of hydrogen-bond donors (Lipinski definition) is 2. The van der Waals surface area contributed by atoms with Gasteiger partial charge in [-0.1, -0.05) is 102 Å². The minimum Gasteiger partial charge on any atom is -0.508 e. The van der Waals surface area contributed by atoms with Crippen LogP contribution < -0.4 is 0 Å². The molecule has 1 rings (SSSR count). The van der Waals surface area contributed by atoms with Crippen molar-refractivity contribution in [3.63, 3.8) is 0 Å². The first-order chi connectivity index (χ1) is 13.3. The van der Waals surface area contributed by atoms with Crippen molar-refractivity contribution < 1.29 is 10.2 Å². The van der Waals surface area contributed by atoms with Gasteiger partial charge in [-0.15, -0.1) is 0 Å². The van der Waals surface area contributed by atoms with Gasteiger partial charge in [0.2, 0.25) is 0 Å². The molecule has 0 spiro atoms. The van der Waals surface area contributed by atoms with E-state index in [1.165, 1.54) is 56.9 Å². The molecule has 0 saturated carbocycles. The van der Waals surface area contributed by atoms with Gasteiger partial charge in [0.15, 0.2) is 0 Å². The first-order valence-electron chi connectivity index (χ1n) is 11.4. The van der Waals surface area contributed by atoms with Gasteiger partial charge in [-0.05, 0) is 49.7 Å². The van der Waals surface area contributed by atoms with Gasteiger partial charge in [-0.25, -0.2) is 0 Å². The second-order valence-corrected chi connectivity index (χ2v) is 8.93. The number of phenols is 1. The van der Waals surface area contributed by atoms with E-state index in [-0.39, 0.29) is 6.61 Å². The zero-order valence-corrected chi connectivity index (χ0v) is 19.2. The van der Waals surface area contributed by atoms with Crippen molar-refractivity contribution in [3.05, 3.63) is 42.0 Å². The molecule has 28 heavy (non-hydrogen) atoms. The van der Waals surface area contributed by atoms with Crippen LogP contribution in [0.4, 0.5) is 0 Å². The van der Waals surface area contributed by atoms with Crippen LogP contribution in [0.2, 0.25) is 0 Å². The molecular formula is C26H46O2. The predicted octanol–water partition coefficient (Wildman–Crippen LogP) is 7.76. The molecule has 0 bridgehead atoms. The van der Waals surface area contributed by atoms with E-state index in [1.54, 1.807) is 24.3 Å². The van der Waals surface area contributed by atoms with E-state index in [4.69, 9.17) is 10.2 Å². The van der Waals surface area contributed by atoms with Gasteiger partial charge < -0.3 is 10.2 Å². The van der Waals surface area contributed by atoms with Gasteiger partial charge in [-0.3, -0.25) is 0 Å². The Bertz CT molecular complexity index is 478. The highest BCUT2D eigenvalue weighted by Gasteiger charge is 2.06. The highest BCUT2D eigenvalue weighted by atomic mass is 16.3. The predicted molar refractivity (Wildman–Crippen MR) is 124 cm³/mol. The fourth-order valence-corrected chi connectivity index (χ4v) is 3.39. The van der Waals surface area contributed by atoms with Crippen LogP contribution >= 0.6 is 0 Å². The minimum absolute atomic E-state index is 0.191. The minimum atomic E-state index is 0.191. The van der Waals surface area contributed by atoms with E-state index < -0.39 is 0 Å². The van der Waals surface area contributed by atoms with Crippen molar-refractivity contribution in [3.8, 4) is 5.75 Å². The molecule has 0 unspecified atom stereocenters. The van der Waals surface area contributed by atoms with E-state index in [9.17, 15) is 0 Å². The molecule has 2 nitrogen and oxygen atoms in total. The fourth-order valence-electron chi connectivity index (χ4n) is 3.39. The summed E-state index contributed by atoms with van der Waals surface area (Å²) >= 11 is 0. The van der Waals surface area contributed by atoms with Crippen LogP contribution in [-0.4, -0.2) is 16.8 Å². The van der Waals surface area contributed by atoms with Crippen LogP contribution in [-0.2, 0) is 0 Å². The van der Waals surface area contributed by atoms with Crippen molar-refractivity contribution in [1.29, 1.82) is 0 Å². The lowest BCUT2D eigenvalue weighted by molar-refractivity contribution is 0.341. The Morgan fingerprint density at radius 2 is 1.32 bits per heavy atom. The van der Waals surface area contributed by atoms with E-state index in [1.807, 2.05) is 12.1 Å². The topological polar surface area (TPSA) is 40.5 Å². The molecular weight excluding hydrogens is 344 g/mol. The molecule has 0 aromatic heterocycles. The summed E-state index contributed by atoms with van der Waals surface area (Å²) in [6.07, 6.45) is 14.1. The highest BCUT2D eigenvalue weighted by Crippen LogP contribution is 2.21. The summed E-state index contributed by atoms with van der Waals surface area (Å²) in [4.78, 5) is 0. The Morgan fingerprint density at radius 1 is 0.821 bits per heavy atom. The van der Waals surface area contributed by atoms with Crippen molar-refractivity contribution in [2.45, 2.75) is 92.4 Å². The second-order valence-electron chi connectivity index (χ2n) is 8.93. The maximum atomic E-state index is 8.83. The number of benzene rings is 1. The van der Waals surface area contributed by atoms with Crippen LogP contribution in [0.1, 0.15) is 92.4 Å². The van der Waals surface area contributed by atoms with Crippen LogP contribution in [0.5, 0.6) is 5.75 Å². The smallest absolute Gasteiger partial charge is 0.115 e. The third kappa shape index (κ3) is 18.1. The number of hydrogen-bond acceptors (Lipinski definition) is 2. The summed E-state index contributed by atoms with van der Waals surface area (Å²) in [5.41, 5.74) is 1.34. The van der Waals surface area contributed by atoms with Crippen molar-refractivity contribution in [2.75, 3.05) is 6.61 Å². The number of allylic oxidation sites excluding steroid dienone is 1. The van der Waals surface area contributed by atoms with Gasteiger partial charge in [-0.2, -0.15) is 0 Å². The maximum absolute atomic E-state index is 8.83. The maximum Gasteiger partial charge on any atom is 0.115 e. The summed E-state index contributed by atoms with van der Waals surface area (Å²) < 4.78 is 0. The highest BCUT2D eigenvalue weighted by molar-refractivity contribution is 5.18. The summed E-state index contributed by atoms with van der Waals surface area (Å²) in [7, 11) is 0. The fraction of sp³-hybridized carbons (Fsp3) is 0.692. The van der Waals surface area contributed by atoms with Crippen LogP contribution in [0.15, 0.2) is 42.0 Å². The Morgan fingerprint density at radius 3 is 1.75 bits per heavy atom. The van der Waals surface area contributed by atoms with Crippen LogP contribution in [0.25, 0.3) is 0 Å². The first kappa shape index (κ1) is 26.7. The Hall–Kier alpha value is -1.28.